The number of aliphatic hydroxyl groups excluding tert-OH is 1. The van der Waals surface area contributed by atoms with Crippen LogP contribution < -0.4 is 10.3 Å². The van der Waals surface area contributed by atoms with Crippen molar-refractivity contribution in [3.05, 3.63) is 45.4 Å². The van der Waals surface area contributed by atoms with Gasteiger partial charge >= 0.3 is 0 Å². The predicted octanol–water partition coefficient (Wildman–Crippen LogP) is 0.766. The van der Waals surface area contributed by atoms with Crippen molar-refractivity contribution in [3.63, 3.8) is 0 Å². The maximum atomic E-state index is 10.6. The summed E-state index contributed by atoms with van der Waals surface area (Å²) in [5.74, 6) is 9.12. The summed E-state index contributed by atoms with van der Waals surface area (Å²) in [6.45, 7) is -0.261. The lowest BCUT2D eigenvalue weighted by molar-refractivity contribution is 0.279. The Balaban J connectivity index is 0.000000340. The molecule has 2 aromatic heterocycles. The Hall–Kier alpha value is -3.12. The minimum absolute atomic E-state index is 0.261. The van der Waals surface area contributed by atoms with Crippen molar-refractivity contribution in [2.24, 2.45) is 0 Å². The van der Waals surface area contributed by atoms with Crippen LogP contribution in [0.15, 0.2) is 34.3 Å². The fourth-order valence-electron chi connectivity index (χ4n) is 1.00. The number of hydrogen-bond acceptors (Lipinski definition) is 6. The molecule has 0 aliphatic rings. The van der Waals surface area contributed by atoms with Gasteiger partial charge in [-0.25, -0.2) is 15.0 Å². The van der Waals surface area contributed by atoms with Crippen LogP contribution in [0.3, 0.4) is 0 Å². The molecule has 0 bridgehead atoms. The highest BCUT2D eigenvalue weighted by Crippen LogP contribution is 2.16. The highest BCUT2D eigenvalue weighted by molar-refractivity contribution is 9.10. The quantitative estimate of drug-likeness (QED) is 0.736. The van der Waals surface area contributed by atoms with Crippen LogP contribution >= 0.6 is 15.9 Å². The number of halogens is 1. The maximum Gasteiger partial charge on any atom is 0.256 e. The zero-order valence-corrected chi connectivity index (χ0v) is 14.2. The summed E-state index contributed by atoms with van der Waals surface area (Å²) >= 11 is 3.16. The van der Waals surface area contributed by atoms with E-state index in [1.54, 1.807) is 19.5 Å². The molecular weight excluding hydrogens is 376 g/mol. The number of hydrogen-bond donors (Lipinski definition) is 2. The minimum atomic E-state index is -0.285. The fourth-order valence-corrected chi connectivity index (χ4v) is 1.39. The topological polar surface area (TPSA) is 101 Å². The Morgan fingerprint density at radius 1 is 1.29 bits per heavy atom. The predicted molar refractivity (Wildman–Crippen MR) is 92.5 cm³/mol. The fraction of sp³-hybridized carbons (Fsp3) is 0.125. The lowest BCUT2D eigenvalue weighted by Crippen LogP contribution is -2.11. The Morgan fingerprint density at radius 2 is 1.92 bits per heavy atom. The first-order valence-electron chi connectivity index (χ1n) is 6.14. The standard InChI is InChI=1S/C6H2.C5H5BrN2O.C5H6N2O2/c1-3-5-6-4-2;1-9-5-4(6)7-2-3-8-5;8-2-4-1-6-3-7-5(4)9/h1-2H;2-3H,1H3;1,3,8H,2H2,(H,6,7,9). The summed E-state index contributed by atoms with van der Waals surface area (Å²) < 4.78 is 5.46. The molecule has 0 amide bonds. The highest BCUT2D eigenvalue weighted by atomic mass is 79.9. The van der Waals surface area contributed by atoms with Gasteiger partial charge in [0.25, 0.3) is 5.56 Å². The zero-order valence-electron chi connectivity index (χ0n) is 12.7. The highest BCUT2D eigenvalue weighted by Gasteiger charge is 1.97. The average molecular weight is 389 g/mol. The Labute approximate surface area is 147 Å². The SMILES string of the molecule is C#CC#CC#C.COc1nccnc1Br.O=c1[nH]cncc1CO. The molecule has 2 N–H and O–H groups in total. The third-order valence-corrected chi connectivity index (χ3v) is 2.53. The Morgan fingerprint density at radius 3 is 2.29 bits per heavy atom. The van der Waals surface area contributed by atoms with Gasteiger partial charge in [0, 0.05) is 18.6 Å². The monoisotopic (exact) mass is 388 g/mol. The van der Waals surface area contributed by atoms with E-state index in [2.05, 4.69) is 59.5 Å². The van der Waals surface area contributed by atoms with Crippen LogP contribution in [0, 0.1) is 36.5 Å². The molecule has 0 saturated carbocycles. The molecule has 2 rings (SSSR count). The summed E-state index contributed by atoms with van der Waals surface area (Å²) in [7, 11) is 1.55. The molecule has 2 heterocycles. The third kappa shape index (κ3) is 9.01. The first-order valence-corrected chi connectivity index (χ1v) is 6.94. The van der Waals surface area contributed by atoms with Crippen molar-refractivity contribution < 1.29 is 9.84 Å². The van der Waals surface area contributed by atoms with E-state index < -0.39 is 0 Å². The van der Waals surface area contributed by atoms with E-state index in [-0.39, 0.29) is 17.7 Å². The Bertz CT molecular complexity index is 808. The second-order valence-electron chi connectivity index (χ2n) is 3.46. The molecule has 0 saturated heterocycles. The molecule has 0 radical (unpaired) electrons. The molecule has 0 spiro atoms. The number of terminal acetylenes is 2. The summed E-state index contributed by atoms with van der Waals surface area (Å²) in [5.41, 5.74) is 0.00463. The molecule has 0 unspecified atom stereocenters. The van der Waals surface area contributed by atoms with Crippen LogP contribution in [-0.2, 0) is 6.61 Å². The number of rotatable bonds is 2. The molecule has 0 aromatic carbocycles. The number of aliphatic hydroxyl groups is 1. The van der Waals surface area contributed by atoms with Gasteiger partial charge in [0.05, 0.1) is 25.6 Å². The van der Waals surface area contributed by atoms with E-state index in [1.165, 1.54) is 12.5 Å². The number of nitrogens with zero attached hydrogens (tertiary/aromatic N) is 3. The molecule has 0 fully saturated rings. The van der Waals surface area contributed by atoms with Gasteiger partial charge in [0.1, 0.15) is 0 Å². The van der Waals surface area contributed by atoms with Gasteiger partial charge in [-0.15, -0.1) is 12.8 Å². The number of methoxy groups -OCH3 is 1. The van der Waals surface area contributed by atoms with Crippen molar-refractivity contribution in [2.45, 2.75) is 6.61 Å². The maximum absolute atomic E-state index is 10.6. The second kappa shape index (κ2) is 13.5. The van der Waals surface area contributed by atoms with Crippen LogP contribution in [0.2, 0.25) is 0 Å². The smallest absolute Gasteiger partial charge is 0.256 e. The van der Waals surface area contributed by atoms with Crippen LogP contribution in [0.1, 0.15) is 5.56 Å². The number of aromatic nitrogens is 4. The van der Waals surface area contributed by atoms with Gasteiger partial charge in [-0.2, -0.15) is 0 Å². The average Bonchev–Trinajstić information content (AvgIpc) is 2.62. The molecular formula is C16H13BrN4O3. The van der Waals surface area contributed by atoms with Crippen LogP contribution in [-0.4, -0.2) is 32.2 Å². The number of ether oxygens (including phenoxy) is 1. The number of nitrogens with one attached hydrogen (secondary N) is 1. The van der Waals surface area contributed by atoms with E-state index in [9.17, 15) is 4.79 Å². The van der Waals surface area contributed by atoms with E-state index in [0.717, 1.165) is 0 Å². The molecule has 24 heavy (non-hydrogen) atoms. The summed E-state index contributed by atoms with van der Waals surface area (Å²) in [6.07, 6.45) is 15.2. The molecule has 0 aliphatic heterocycles. The van der Waals surface area contributed by atoms with E-state index in [4.69, 9.17) is 22.7 Å². The Kier molecular flexibility index (Phi) is 11.8. The minimum Gasteiger partial charge on any atom is -0.479 e. The van der Waals surface area contributed by atoms with Crippen molar-refractivity contribution in [1.29, 1.82) is 0 Å². The summed E-state index contributed by atoms with van der Waals surface area (Å²) in [5, 5.41) is 8.46. The molecule has 0 aliphatic carbocycles. The molecule has 8 heteroatoms. The van der Waals surface area contributed by atoms with E-state index >= 15 is 0 Å². The third-order valence-electron chi connectivity index (χ3n) is 1.99. The number of aromatic amines is 1. The van der Waals surface area contributed by atoms with Crippen LogP contribution in [0.25, 0.3) is 0 Å². The van der Waals surface area contributed by atoms with Crippen LogP contribution in [0.4, 0.5) is 0 Å². The number of H-pyrrole nitrogens is 1. The van der Waals surface area contributed by atoms with Gasteiger partial charge in [0.2, 0.25) is 5.88 Å². The van der Waals surface area contributed by atoms with Crippen molar-refractivity contribution >= 4 is 15.9 Å². The van der Waals surface area contributed by atoms with E-state index in [1.807, 2.05) is 0 Å². The molecule has 2 aromatic rings. The zero-order chi connectivity index (χ0) is 18.2. The van der Waals surface area contributed by atoms with Crippen molar-refractivity contribution in [1.82, 2.24) is 19.9 Å². The van der Waals surface area contributed by atoms with Gasteiger partial charge in [-0.3, -0.25) is 4.79 Å². The molecule has 122 valence electrons. The first kappa shape index (κ1) is 20.9. The van der Waals surface area contributed by atoms with Crippen LogP contribution in [0.5, 0.6) is 5.88 Å². The van der Waals surface area contributed by atoms with Gasteiger partial charge in [-0.05, 0) is 39.6 Å². The van der Waals surface area contributed by atoms with Gasteiger partial charge < -0.3 is 14.8 Å². The largest absolute Gasteiger partial charge is 0.479 e. The lowest BCUT2D eigenvalue weighted by Gasteiger charge is -1.96. The summed E-state index contributed by atoms with van der Waals surface area (Å²) in [6, 6.07) is 0. The van der Waals surface area contributed by atoms with E-state index in [0.29, 0.717) is 10.5 Å². The van der Waals surface area contributed by atoms with Gasteiger partial charge in [-0.1, -0.05) is 0 Å². The normalized spacial score (nSPS) is 7.71. The summed E-state index contributed by atoms with van der Waals surface area (Å²) in [4.78, 5) is 24.3. The van der Waals surface area contributed by atoms with Crippen molar-refractivity contribution in [3.8, 4) is 42.4 Å². The second-order valence-corrected chi connectivity index (χ2v) is 4.21. The molecule has 0 atom stereocenters. The first-order chi connectivity index (χ1) is 11.6. The van der Waals surface area contributed by atoms with Gasteiger partial charge in [0.15, 0.2) is 4.60 Å². The lowest BCUT2D eigenvalue weighted by atomic mass is 10.4. The molecule has 7 nitrogen and oxygen atoms in total. The van der Waals surface area contributed by atoms with Crippen molar-refractivity contribution in [2.75, 3.05) is 7.11 Å².